The molecule has 4 nitrogen and oxygen atoms in total. The van der Waals surface area contributed by atoms with Gasteiger partial charge in [0.1, 0.15) is 5.82 Å². The fourth-order valence-corrected chi connectivity index (χ4v) is 1.95. The number of nitrogens with one attached hydrogen (secondary N) is 2. The van der Waals surface area contributed by atoms with Crippen LogP contribution in [-0.4, -0.2) is 39.3 Å². The Labute approximate surface area is 138 Å². The van der Waals surface area contributed by atoms with Crippen LogP contribution in [0.4, 0.5) is 4.39 Å². The Morgan fingerprint density at radius 1 is 1.32 bits per heavy atom. The lowest BCUT2D eigenvalue weighted by Gasteiger charge is -2.12. The van der Waals surface area contributed by atoms with Gasteiger partial charge in [0.25, 0.3) is 0 Å². The summed E-state index contributed by atoms with van der Waals surface area (Å²) in [6, 6.07) is 6.52. The number of ether oxygens (including phenoxy) is 1. The third-order valence-electron chi connectivity index (χ3n) is 3.29. The molecule has 2 N–H and O–H groups in total. The number of rotatable bonds is 10. The average molecular weight is 333 g/mol. The van der Waals surface area contributed by atoms with E-state index >= 15 is 0 Å². The maximum atomic E-state index is 13.0. The highest BCUT2D eigenvalue weighted by Crippen LogP contribution is 2.11. The number of halogens is 2. The third-order valence-corrected chi connectivity index (χ3v) is 3.29. The lowest BCUT2D eigenvalue weighted by molar-refractivity contribution is -0.124. The summed E-state index contributed by atoms with van der Waals surface area (Å²) in [5.74, 6) is -0.265. The van der Waals surface area contributed by atoms with Gasteiger partial charge in [-0.3, -0.25) is 4.79 Å². The summed E-state index contributed by atoms with van der Waals surface area (Å²) in [6.07, 6.45) is 1.42. The van der Waals surface area contributed by atoms with Crippen LogP contribution in [0.25, 0.3) is 0 Å². The summed E-state index contributed by atoms with van der Waals surface area (Å²) in [5.41, 5.74) is 0.927. The zero-order valence-corrected chi connectivity index (χ0v) is 14.0. The zero-order chi connectivity index (χ0) is 15.5. The molecule has 0 saturated carbocycles. The molecule has 6 heteroatoms. The van der Waals surface area contributed by atoms with Crippen molar-refractivity contribution in [2.45, 2.75) is 19.8 Å². The molecule has 0 bridgehead atoms. The molecule has 0 aliphatic carbocycles. The molecule has 1 rings (SSSR count). The van der Waals surface area contributed by atoms with Gasteiger partial charge in [-0.1, -0.05) is 19.1 Å². The van der Waals surface area contributed by atoms with Crippen molar-refractivity contribution in [2.75, 3.05) is 33.4 Å². The van der Waals surface area contributed by atoms with E-state index in [0.717, 1.165) is 18.7 Å². The van der Waals surface area contributed by atoms with Crippen LogP contribution in [-0.2, 0) is 16.0 Å². The van der Waals surface area contributed by atoms with E-state index in [1.165, 1.54) is 12.1 Å². The Bertz CT molecular complexity index is 432. The lowest BCUT2D eigenvalue weighted by Crippen LogP contribution is -2.36. The van der Waals surface area contributed by atoms with Crippen molar-refractivity contribution in [3.8, 4) is 0 Å². The molecule has 22 heavy (non-hydrogen) atoms. The third kappa shape index (κ3) is 8.97. The van der Waals surface area contributed by atoms with E-state index in [-0.39, 0.29) is 30.0 Å². The Hall–Kier alpha value is -1.17. The number of benzene rings is 1. The topological polar surface area (TPSA) is 50.4 Å². The van der Waals surface area contributed by atoms with Gasteiger partial charge >= 0.3 is 0 Å². The van der Waals surface area contributed by atoms with Crippen molar-refractivity contribution in [1.29, 1.82) is 0 Å². The molecule has 126 valence electrons. The lowest BCUT2D eigenvalue weighted by atomic mass is 10.0. The Kier molecular flexibility index (Phi) is 11.7. The Morgan fingerprint density at radius 2 is 2.09 bits per heavy atom. The van der Waals surface area contributed by atoms with Gasteiger partial charge in [0.05, 0.1) is 6.61 Å². The molecule has 1 amide bonds. The fraction of sp³-hybridized carbons (Fsp3) is 0.562. The molecule has 1 aromatic carbocycles. The molecule has 1 unspecified atom stereocenters. The summed E-state index contributed by atoms with van der Waals surface area (Å²) < 4.78 is 18.0. The van der Waals surface area contributed by atoms with Crippen LogP contribution in [0.3, 0.4) is 0 Å². The smallest absolute Gasteiger partial charge is 0.222 e. The molecule has 1 atom stereocenters. The zero-order valence-electron chi connectivity index (χ0n) is 13.2. The summed E-state index contributed by atoms with van der Waals surface area (Å²) in [7, 11) is 1.66. The van der Waals surface area contributed by atoms with Gasteiger partial charge < -0.3 is 15.4 Å². The number of methoxy groups -OCH3 is 1. The monoisotopic (exact) mass is 332 g/mol. The molecule has 0 fully saturated rings. The number of hydrogen-bond donors (Lipinski definition) is 2. The normalized spacial score (nSPS) is 11.6. The van der Waals surface area contributed by atoms with Gasteiger partial charge in [-0.05, 0) is 30.5 Å². The second-order valence-corrected chi connectivity index (χ2v) is 5.10. The van der Waals surface area contributed by atoms with Gasteiger partial charge in [-0.2, -0.15) is 0 Å². The second kappa shape index (κ2) is 12.4. The van der Waals surface area contributed by atoms with Gasteiger partial charge in [0.2, 0.25) is 5.91 Å². The van der Waals surface area contributed by atoms with Crippen LogP contribution >= 0.6 is 12.4 Å². The minimum absolute atomic E-state index is 0. The molecular formula is C16H26ClFN2O2. The highest BCUT2D eigenvalue weighted by atomic mass is 35.5. The van der Waals surface area contributed by atoms with Crippen LogP contribution in [0, 0.1) is 11.7 Å². The summed E-state index contributed by atoms with van der Waals surface area (Å²) in [4.78, 5) is 11.9. The molecule has 0 aromatic heterocycles. The van der Waals surface area contributed by atoms with Crippen molar-refractivity contribution >= 4 is 18.3 Å². The van der Waals surface area contributed by atoms with E-state index in [1.807, 2.05) is 13.0 Å². The van der Waals surface area contributed by atoms with Crippen LogP contribution in [0.15, 0.2) is 24.3 Å². The van der Waals surface area contributed by atoms with E-state index in [9.17, 15) is 9.18 Å². The van der Waals surface area contributed by atoms with Gasteiger partial charge in [-0.15, -0.1) is 12.4 Å². The minimum Gasteiger partial charge on any atom is -0.383 e. The predicted molar refractivity (Wildman–Crippen MR) is 88.9 cm³/mol. The molecule has 0 saturated heterocycles. The number of amides is 1. The van der Waals surface area contributed by atoms with Crippen molar-refractivity contribution in [1.82, 2.24) is 10.6 Å². The van der Waals surface area contributed by atoms with Crippen molar-refractivity contribution in [2.24, 2.45) is 5.92 Å². The van der Waals surface area contributed by atoms with E-state index in [1.54, 1.807) is 13.2 Å². The molecule has 0 aliphatic rings. The van der Waals surface area contributed by atoms with E-state index in [4.69, 9.17) is 4.74 Å². The first-order valence-electron chi connectivity index (χ1n) is 7.35. The summed E-state index contributed by atoms with van der Waals surface area (Å²) in [5, 5.41) is 6.05. The van der Waals surface area contributed by atoms with Gasteiger partial charge in [-0.25, -0.2) is 4.39 Å². The fourth-order valence-electron chi connectivity index (χ4n) is 1.95. The van der Waals surface area contributed by atoms with Crippen LogP contribution in [0.2, 0.25) is 0 Å². The second-order valence-electron chi connectivity index (χ2n) is 5.10. The maximum absolute atomic E-state index is 13.0. The van der Waals surface area contributed by atoms with Crippen LogP contribution < -0.4 is 10.6 Å². The molecule has 0 radical (unpaired) electrons. The van der Waals surface area contributed by atoms with E-state index in [2.05, 4.69) is 10.6 Å². The van der Waals surface area contributed by atoms with E-state index < -0.39 is 0 Å². The molecule has 0 spiro atoms. The quantitative estimate of drug-likeness (QED) is 0.646. The largest absolute Gasteiger partial charge is 0.383 e. The first-order chi connectivity index (χ1) is 10.1. The van der Waals surface area contributed by atoms with Gasteiger partial charge in [0.15, 0.2) is 0 Å². The standard InChI is InChI=1S/C16H25FN2O2.ClH/c1-13(6-7-14-4-3-5-15(17)12-14)16(20)19-9-8-18-10-11-21-2;/h3-5,12-13,18H,6-11H2,1-2H3,(H,19,20);1H. The number of carbonyl (C=O) groups excluding carboxylic acids is 1. The van der Waals surface area contributed by atoms with Crippen molar-refractivity contribution in [3.05, 3.63) is 35.6 Å². The number of hydrogen-bond acceptors (Lipinski definition) is 3. The first-order valence-corrected chi connectivity index (χ1v) is 7.35. The minimum atomic E-state index is -0.230. The summed E-state index contributed by atoms with van der Waals surface area (Å²) in [6.45, 7) is 4.67. The van der Waals surface area contributed by atoms with Crippen LogP contribution in [0.1, 0.15) is 18.9 Å². The van der Waals surface area contributed by atoms with Crippen LogP contribution in [0.5, 0.6) is 0 Å². The predicted octanol–water partition coefficient (Wildman–Crippen LogP) is 2.17. The highest BCUT2D eigenvalue weighted by Gasteiger charge is 2.12. The van der Waals surface area contributed by atoms with Crippen molar-refractivity contribution < 1.29 is 13.9 Å². The average Bonchev–Trinajstić information content (AvgIpc) is 2.48. The molecular weight excluding hydrogens is 307 g/mol. The number of aryl methyl sites for hydroxylation is 1. The SMILES string of the molecule is COCCNCCNC(=O)C(C)CCc1cccc(F)c1.Cl. The highest BCUT2D eigenvalue weighted by molar-refractivity contribution is 5.85. The van der Waals surface area contributed by atoms with E-state index in [0.29, 0.717) is 26.0 Å². The Morgan fingerprint density at radius 3 is 2.77 bits per heavy atom. The van der Waals surface area contributed by atoms with Gasteiger partial charge in [0, 0.05) is 32.7 Å². The molecule has 0 heterocycles. The maximum Gasteiger partial charge on any atom is 0.222 e. The van der Waals surface area contributed by atoms with Crippen molar-refractivity contribution in [3.63, 3.8) is 0 Å². The number of carbonyl (C=O) groups is 1. The summed E-state index contributed by atoms with van der Waals surface area (Å²) >= 11 is 0. The molecule has 1 aromatic rings. The first kappa shape index (κ1) is 20.8. The molecule has 0 aliphatic heterocycles. The Balaban J connectivity index is 0.00000441.